The summed E-state index contributed by atoms with van der Waals surface area (Å²) in [4.78, 5) is 37.8. The molecule has 4 N–H and O–H groups in total. The molecule has 12 rings (SSSR count). The molecule has 2 bridgehead atoms. The maximum atomic E-state index is 17.0. The molecule has 1 saturated carbocycles. The molecular formula is C60H68F4N12O4. The molecule has 5 aliphatic rings. The molecule has 5 fully saturated rings. The van der Waals surface area contributed by atoms with Gasteiger partial charge in [0.2, 0.25) is 5.82 Å². The number of phenols is 2. The number of carbonyl (C=O) groups excluding carboxylic acids is 1. The molecule has 0 radical (unpaired) electrons. The van der Waals surface area contributed by atoms with Crippen LogP contribution >= 0.6 is 0 Å². The van der Waals surface area contributed by atoms with E-state index in [-0.39, 0.29) is 57.3 Å². The minimum atomic E-state index is -4.68. The summed E-state index contributed by atoms with van der Waals surface area (Å²) in [7, 11) is 0. The Balaban J connectivity index is 0.653. The largest absolute Gasteiger partial charge is 0.508 e. The Kier molecular flexibility index (Phi) is 14.6. The molecule has 420 valence electrons. The molecule has 0 spiro atoms. The molecule has 3 atom stereocenters. The van der Waals surface area contributed by atoms with Crippen molar-refractivity contribution in [3.63, 3.8) is 0 Å². The Morgan fingerprint density at radius 3 is 2.24 bits per heavy atom. The summed E-state index contributed by atoms with van der Waals surface area (Å²) in [6.07, 6.45) is 3.54. The van der Waals surface area contributed by atoms with Crippen molar-refractivity contribution in [2.24, 2.45) is 11.3 Å². The number of benzene rings is 4. The summed E-state index contributed by atoms with van der Waals surface area (Å²) in [6, 6.07) is 22.7. The number of piperidine rings is 1. The molecule has 1 aliphatic carbocycles. The quantitative estimate of drug-likeness (QED) is 0.0675. The van der Waals surface area contributed by atoms with Crippen LogP contribution in [0.25, 0.3) is 50.0 Å². The lowest BCUT2D eigenvalue weighted by atomic mass is 9.95. The normalized spacial score (nSPS) is 20.5. The van der Waals surface area contributed by atoms with E-state index in [9.17, 15) is 28.2 Å². The Hall–Kier alpha value is -7.00. The molecule has 1 amide bonds. The number of hydrogen-bond donors (Lipinski definition) is 4. The van der Waals surface area contributed by atoms with Gasteiger partial charge in [-0.1, -0.05) is 68.4 Å². The van der Waals surface area contributed by atoms with Crippen LogP contribution in [-0.2, 0) is 6.54 Å². The van der Waals surface area contributed by atoms with Crippen LogP contribution in [0.4, 0.5) is 23.4 Å². The molecule has 80 heavy (non-hydrogen) atoms. The number of likely N-dealkylation sites (tertiary alicyclic amines) is 1. The highest BCUT2D eigenvalue weighted by atomic mass is 19.4. The third-order valence-corrected chi connectivity index (χ3v) is 17.2. The van der Waals surface area contributed by atoms with E-state index in [0.29, 0.717) is 53.6 Å². The van der Waals surface area contributed by atoms with Crippen molar-refractivity contribution in [1.29, 1.82) is 0 Å². The van der Waals surface area contributed by atoms with Crippen LogP contribution in [-0.4, -0.2) is 157 Å². The molecule has 4 saturated heterocycles. The average Bonchev–Trinajstić information content (AvgIpc) is 4.05. The van der Waals surface area contributed by atoms with Crippen LogP contribution in [0.15, 0.2) is 85.1 Å². The number of carbonyl (C=O) groups is 1. The number of pyridine rings is 1. The highest BCUT2D eigenvalue weighted by molar-refractivity contribution is 5.99. The standard InChI is InChI=1S/C60H68F4N12O4/c1-36(2)46-27-47(50(78)28-49(46)77)55-70-71-56(57(79)66-37(3)60(62,63)64)76(55)43-15-11-38(12-16-43)30-72-21-17-39(18-22-72)31-73-23-25-74(26-24-73)34-59(19-20-59)35-80-58-68-53-48(54(69-58)75-32-41-13-14-42(33-75)67-41)29-65-52(51(53)61)45-10-6-8-40-7-4-5-9-44(40)45/h4-12,15-16,27-29,36-37,39,41-42,67,77-78H,13-14,17-26,30-35H2,1-3H3,(H,66,79). The second-order valence-electron chi connectivity index (χ2n) is 23.3. The Morgan fingerprint density at radius 2 is 1.52 bits per heavy atom. The van der Waals surface area contributed by atoms with Crippen molar-refractivity contribution in [2.45, 2.75) is 96.1 Å². The third-order valence-electron chi connectivity index (χ3n) is 17.2. The van der Waals surface area contributed by atoms with Crippen LogP contribution in [0.1, 0.15) is 87.0 Å². The molecule has 4 aromatic carbocycles. The van der Waals surface area contributed by atoms with Gasteiger partial charge in [0.05, 0.1) is 17.6 Å². The second kappa shape index (κ2) is 21.8. The lowest BCUT2D eigenvalue weighted by Crippen LogP contribution is -2.51. The van der Waals surface area contributed by atoms with E-state index in [4.69, 9.17) is 19.7 Å². The van der Waals surface area contributed by atoms with E-state index >= 15 is 4.39 Å². The van der Waals surface area contributed by atoms with Gasteiger partial charge in [-0.25, -0.2) is 4.39 Å². The predicted octanol–water partition coefficient (Wildman–Crippen LogP) is 9.08. The number of piperazine rings is 2. The molecule has 16 nitrogen and oxygen atoms in total. The highest BCUT2D eigenvalue weighted by Gasteiger charge is 2.46. The Labute approximate surface area is 462 Å². The van der Waals surface area contributed by atoms with Crippen LogP contribution in [0.2, 0.25) is 0 Å². The first-order valence-corrected chi connectivity index (χ1v) is 28.2. The van der Waals surface area contributed by atoms with Gasteiger partial charge in [-0.3, -0.25) is 19.2 Å². The van der Waals surface area contributed by atoms with E-state index in [1.807, 2.05) is 73.8 Å². The fraction of sp³-hybridized carbons (Fsp3) is 0.467. The molecule has 20 heteroatoms. The van der Waals surface area contributed by atoms with Gasteiger partial charge in [0, 0.05) is 99.9 Å². The third kappa shape index (κ3) is 11.1. The number of nitrogens with zero attached hydrogens (tertiary/aromatic N) is 10. The molecule has 4 aliphatic heterocycles. The lowest BCUT2D eigenvalue weighted by Gasteiger charge is -2.39. The van der Waals surface area contributed by atoms with Gasteiger partial charge in [0.25, 0.3) is 5.91 Å². The smallest absolute Gasteiger partial charge is 0.408 e. The van der Waals surface area contributed by atoms with Gasteiger partial charge < -0.3 is 40.3 Å². The number of ether oxygens (including phenoxy) is 1. The van der Waals surface area contributed by atoms with E-state index in [2.05, 4.69) is 35.1 Å². The lowest BCUT2D eigenvalue weighted by molar-refractivity contribution is -0.149. The second-order valence-corrected chi connectivity index (χ2v) is 23.3. The Morgan fingerprint density at radius 1 is 0.812 bits per heavy atom. The molecular weight excluding hydrogens is 1030 g/mol. The number of halogens is 4. The summed E-state index contributed by atoms with van der Waals surface area (Å²) in [5.41, 5.74) is 3.34. The van der Waals surface area contributed by atoms with Crippen molar-refractivity contribution in [3.05, 3.63) is 108 Å². The van der Waals surface area contributed by atoms with Crippen molar-refractivity contribution in [1.82, 2.24) is 55.0 Å². The zero-order chi connectivity index (χ0) is 55.5. The number of phenolic OH excluding ortho intramolecular Hbond substituents is 2. The van der Waals surface area contributed by atoms with Crippen LogP contribution < -0.4 is 20.3 Å². The number of amides is 1. The maximum Gasteiger partial charge on any atom is 0.408 e. The van der Waals surface area contributed by atoms with Crippen LogP contribution in [0.5, 0.6) is 17.5 Å². The highest BCUT2D eigenvalue weighted by Crippen LogP contribution is 2.47. The van der Waals surface area contributed by atoms with Gasteiger partial charge in [-0.2, -0.15) is 23.1 Å². The molecule has 7 heterocycles. The number of anilines is 1. The van der Waals surface area contributed by atoms with E-state index in [1.165, 1.54) is 10.6 Å². The van der Waals surface area contributed by atoms with Gasteiger partial charge >= 0.3 is 12.2 Å². The van der Waals surface area contributed by atoms with E-state index in [0.717, 1.165) is 133 Å². The van der Waals surface area contributed by atoms with Crippen LogP contribution in [0, 0.1) is 17.2 Å². The number of aromatic hydroxyl groups is 2. The number of fused-ring (bicyclic) bond motifs is 4. The van der Waals surface area contributed by atoms with Crippen molar-refractivity contribution in [2.75, 3.05) is 77.0 Å². The first kappa shape index (κ1) is 53.6. The Bertz CT molecular complexity index is 3390. The maximum absolute atomic E-state index is 17.0. The zero-order valence-electron chi connectivity index (χ0n) is 45.4. The number of nitrogens with one attached hydrogen (secondary N) is 2. The minimum absolute atomic E-state index is 0.000101. The van der Waals surface area contributed by atoms with Gasteiger partial charge in [-0.15, -0.1) is 10.2 Å². The average molecular weight is 1100 g/mol. The van der Waals surface area contributed by atoms with Gasteiger partial charge in [0.15, 0.2) is 11.6 Å². The number of hydrogen-bond acceptors (Lipinski definition) is 14. The van der Waals surface area contributed by atoms with E-state index in [1.54, 1.807) is 24.4 Å². The van der Waals surface area contributed by atoms with Crippen molar-refractivity contribution < 1.29 is 37.3 Å². The molecule has 7 aromatic rings. The summed E-state index contributed by atoms with van der Waals surface area (Å²) in [6.45, 7) is 15.2. The summed E-state index contributed by atoms with van der Waals surface area (Å²) in [5, 5.41) is 37.9. The van der Waals surface area contributed by atoms with Gasteiger partial charge in [0.1, 0.15) is 34.6 Å². The predicted molar refractivity (Wildman–Crippen MR) is 298 cm³/mol. The number of aromatic nitrogens is 6. The van der Waals surface area contributed by atoms with Crippen molar-refractivity contribution >= 4 is 33.4 Å². The van der Waals surface area contributed by atoms with Crippen molar-refractivity contribution in [3.8, 4) is 45.8 Å². The van der Waals surface area contributed by atoms with E-state index < -0.39 is 23.9 Å². The summed E-state index contributed by atoms with van der Waals surface area (Å²) < 4.78 is 65.4. The first-order valence-electron chi connectivity index (χ1n) is 28.2. The molecule has 3 unspecified atom stereocenters. The monoisotopic (exact) mass is 1100 g/mol. The zero-order valence-corrected chi connectivity index (χ0v) is 45.4. The fourth-order valence-electron chi connectivity index (χ4n) is 12.4. The summed E-state index contributed by atoms with van der Waals surface area (Å²) in [5.74, 6) is -1.21. The topological polar surface area (TPSA) is 173 Å². The summed E-state index contributed by atoms with van der Waals surface area (Å²) >= 11 is 0. The number of alkyl halides is 3. The van der Waals surface area contributed by atoms with Crippen LogP contribution in [0.3, 0.4) is 0 Å². The van der Waals surface area contributed by atoms with Gasteiger partial charge in [-0.05, 0) is 110 Å². The molecule has 3 aromatic heterocycles. The number of rotatable bonds is 16. The first-order chi connectivity index (χ1) is 38.5. The SMILES string of the molecule is CC(C)c1cc(-c2nnc(C(=O)NC(C)C(F)(F)F)n2-c2ccc(CN3CCC(CN4CCN(CC5(COc6nc(N7CC8CCC(C7)N8)c7cnc(-c8cccc9ccccc89)c(F)c7n6)CC5)CC4)CC3)cc2)c(O)cc1O. The minimum Gasteiger partial charge on any atom is -0.508 e. The fourth-order valence-corrected chi connectivity index (χ4v) is 12.4.